The van der Waals surface area contributed by atoms with Gasteiger partial charge in [-0.3, -0.25) is 11.3 Å². The van der Waals surface area contributed by atoms with Gasteiger partial charge in [0.15, 0.2) is 0 Å². The van der Waals surface area contributed by atoms with Crippen LogP contribution in [-0.2, 0) is 13.0 Å². The van der Waals surface area contributed by atoms with Crippen molar-refractivity contribution in [2.24, 2.45) is 11.8 Å². The fourth-order valence-electron chi connectivity index (χ4n) is 2.33. The van der Waals surface area contributed by atoms with Gasteiger partial charge in [0, 0.05) is 18.0 Å². The van der Waals surface area contributed by atoms with Crippen LogP contribution >= 0.6 is 11.6 Å². The van der Waals surface area contributed by atoms with Crippen LogP contribution in [0.3, 0.4) is 0 Å². The van der Waals surface area contributed by atoms with Crippen molar-refractivity contribution in [3.8, 4) is 0 Å². The zero-order valence-corrected chi connectivity index (χ0v) is 13.4. The van der Waals surface area contributed by atoms with E-state index >= 15 is 0 Å². The van der Waals surface area contributed by atoms with E-state index in [2.05, 4.69) is 29.4 Å². The number of hydrogen-bond donors (Lipinski definition) is 2. The molecule has 0 amide bonds. The first kappa shape index (κ1) is 15.9. The Bertz CT molecular complexity index is 593. The van der Waals surface area contributed by atoms with E-state index in [0.717, 1.165) is 28.5 Å². The van der Waals surface area contributed by atoms with Crippen LogP contribution in [0.5, 0.6) is 0 Å². The number of hydrazine groups is 1. The highest BCUT2D eigenvalue weighted by molar-refractivity contribution is 6.32. The van der Waals surface area contributed by atoms with Gasteiger partial charge in [0.05, 0.1) is 6.04 Å². The Morgan fingerprint density at radius 1 is 1.38 bits per heavy atom. The highest BCUT2D eigenvalue weighted by atomic mass is 35.5. The van der Waals surface area contributed by atoms with Gasteiger partial charge in [-0.15, -0.1) is 0 Å². The lowest BCUT2D eigenvalue weighted by atomic mass is 10.0. The summed E-state index contributed by atoms with van der Waals surface area (Å²) in [4.78, 5) is 4.35. The van der Waals surface area contributed by atoms with Gasteiger partial charge in [0.2, 0.25) is 0 Å². The third-order valence-electron chi connectivity index (χ3n) is 3.42. The minimum Gasteiger partial charge on any atom is -0.271 e. The molecule has 1 heterocycles. The van der Waals surface area contributed by atoms with Crippen LogP contribution < -0.4 is 11.3 Å². The van der Waals surface area contributed by atoms with Gasteiger partial charge in [-0.2, -0.15) is 5.10 Å². The van der Waals surface area contributed by atoms with E-state index < -0.39 is 0 Å². The number of nitrogens with one attached hydrogen (secondary N) is 1. The lowest BCUT2D eigenvalue weighted by Gasteiger charge is -2.19. The molecule has 1 unspecified atom stereocenters. The zero-order chi connectivity index (χ0) is 15.4. The number of halogens is 1. The number of hydrogen-bond acceptors (Lipinski definition) is 4. The zero-order valence-electron chi connectivity index (χ0n) is 12.7. The molecule has 0 saturated heterocycles. The van der Waals surface area contributed by atoms with Crippen molar-refractivity contribution in [1.82, 2.24) is 20.2 Å². The Kier molecular flexibility index (Phi) is 5.33. The van der Waals surface area contributed by atoms with E-state index in [1.165, 1.54) is 0 Å². The molecule has 1 atom stereocenters. The van der Waals surface area contributed by atoms with Gasteiger partial charge in [0.1, 0.15) is 12.2 Å². The summed E-state index contributed by atoms with van der Waals surface area (Å²) < 4.78 is 1.93. The van der Waals surface area contributed by atoms with E-state index in [1.54, 1.807) is 6.33 Å². The maximum Gasteiger partial charge on any atom is 0.138 e. The van der Waals surface area contributed by atoms with Crippen LogP contribution in [0, 0.1) is 12.8 Å². The van der Waals surface area contributed by atoms with Crippen molar-refractivity contribution in [1.29, 1.82) is 0 Å². The van der Waals surface area contributed by atoms with Crippen molar-refractivity contribution in [2.45, 2.75) is 39.8 Å². The molecule has 0 saturated carbocycles. The van der Waals surface area contributed by atoms with Crippen LogP contribution in [-0.4, -0.2) is 14.8 Å². The smallest absolute Gasteiger partial charge is 0.138 e. The van der Waals surface area contributed by atoms with Gasteiger partial charge in [-0.1, -0.05) is 43.6 Å². The normalized spacial score (nSPS) is 12.9. The molecule has 3 N–H and O–H groups in total. The molecular formula is C15H22ClN5. The molecule has 5 nitrogen and oxygen atoms in total. The van der Waals surface area contributed by atoms with Crippen molar-refractivity contribution in [3.63, 3.8) is 0 Å². The van der Waals surface area contributed by atoms with Gasteiger partial charge >= 0.3 is 0 Å². The highest BCUT2D eigenvalue weighted by Crippen LogP contribution is 2.27. The average Bonchev–Trinajstić information content (AvgIpc) is 2.86. The van der Waals surface area contributed by atoms with Crippen molar-refractivity contribution >= 4 is 11.6 Å². The summed E-state index contributed by atoms with van der Waals surface area (Å²) in [5, 5.41) is 5.03. The molecule has 21 heavy (non-hydrogen) atoms. The minimum atomic E-state index is -0.0903. The van der Waals surface area contributed by atoms with E-state index in [-0.39, 0.29) is 6.04 Å². The molecule has 2 aromatic rings. The molecule has 0 aliphatic heterocycles. The van der Waals surface area contributed by atoms with Crippen LogP contribution in [0.15, 0.2) is 24.5 Å². The third kappa shape index (κ3) is 3.81. The van der Waals surface area contributed by atoms with Crippen molar-refractivity contribution < 1.29 is 0 Å². The molecular weight excluding hydrogens is 286 g/mol. The molecule has 6 heteroatoms. The fourth-order valence-corrected chi connectivity index (χ4v) is 2.58. The highest BCUT2D eigenvalue weighted by Gasteiger charge is 2.18. The van der Waals surface area contributed by atoms with E-state index in [1.807, 2.05) is 29.8 Å². The van der Waals surface area contributed by atoms with Crippen LogP contribution in [0.1, 0.15) is 36.8 Å². The minimum absolute atomic E-state index is 0.0903. The average molecular weight is 308 g/mol. The number of nitrogens with two attached hydrogens (primary N) is 1. The first-order valence-corrected chi connectivity index (χ1v) is 7.48. The van der Waals surface area contributed by atoms with Crippen molar-refractivity contribution in [3.05, 3.63) is 46.5 Å². The summed E-state index contributed by atoms with van der Waals surface area (Å²) in [6, 6.07) is 5.87. The number of nitrogens with zero attached hydrogens (tertiary/aromatic N) is 3. The molecule has 114 valence electrons. The second kappa shape index (κ2) is 7.02. The van der Waals surface area contributed by atoms with Crippen LogP contribution in [0.25, 0.3) is 0 Å². The first-order chi connectivity index (χ1) is 10.0. The first-order valence-electron chi connectivity index (χ1n) is 7.10. The van der Waals surface area contributed by atoms with Crippen LogP contribution in [0.4, 0.5) is 0 Å². The summed E-state index contributed by atoms with van der Waals surface area (Å²) >= 11 is 6.39. The Morgan fingerprint density at radius 2 is 2.14 bits per heavy atom. The molecule has 0 fully saturated rings. The van der Waals surface area contributed by atoms with Gasteiger partial charge in [-0.25, -0.2) is 9.67 Å². The second-order valence-corrected chi connectivity index (χ2v) is 6.03. The standard InChI is InChI=1S/C15H22ClN5/c1-10(2)8-21-14(18-9-19-21)7-13(20-17)12-6-4-5-11(3)15(12)16/h4-6,9-10,13,20H,7-8,17H2,1-3H3. The molecule has 0 aliphatic carbocycles. The van der Waals surface area contributed by atoms with E-state index in [0.29, 0.717) is 12.3 Å². The molecule has 0 bridgehead atoms. The summed E-state index contributed by atoms with van der Waals surface area (Å²) in [7, 11) is 0. The van der Waals surface area contributed by atoms with Crippen molar-refractivity contribution in [2.75, 3.05) is 0 Å². The molecule has 2 rings (SSSR count). The molecule has 0 radical (unpaired) electrons. The van der Waals surface area contributed by atoms with E-state index in [4.69, 9.17) is 17.4 Å². The largest absolute Gasteiger partial charge is 0.271 e. The molecule has 0 spiro atoms. The van der Waals surface area contributed by atoms with Crippen LogP contribution in [0.2, 0.25) is 5.02 Å². The summed E-state index contributed by atoms with van der Waals surface area (Å²) in [6.45, 7) is 7.14. The molecule has 0 aliphatic rings. The summed E-state index contributed by atoms with van der Waals surface area (Å²) in [6.07, 6.45) is 2.23. The number of rotatable bonds is 6. The maximum absolute atomic E-state index is 6.39. The Balaban J connectivity index is 2.24. The van der Waals surface area contributed by atoms with Gasteiger partial charge < -0.3 is 0 Å². The topological polar surface area (TPSA) is 68.8 Å². The predicted molar refractivity (Wildman–Crippen MR) is 84.8 cm³/mol. The fraction of sp³-hybridized carbons (Fsp3) is 0.467. The lowest BCUT2D eigenvalue weighted by molar-refractivity contribution is 0.446. The SMILES string of the molecule is Cc1cccc(C(Cc2ncnn2CC(C)C)NN)c1Cl. The monoisotopic (exact) mass is 307 g/mol. The Hall–Kier alpha value is -1.43. The lowest BCUT2D eigenvalue weighted by Crippen LogP contribution is -2.31. The van der Waals surface area contributed by atoms with Gasteiger partial charge in [0.25, 0.3) is 0 Å². The van der Waals surface area contributed by atoms with E-state index in [9.17, 15) is 0 Å². The predicted octanol–water partition coefficient (Wildman–Crippen LogP) is 2.64. The maximum atomic E-state index is 6.39. The van der Waals surface area contributed by atoms with Gasteiger partial charge in [-0.05, 0) is 24.0 Å². The Morgan fingerprint density at radius 3 is 2.81 bits per heavy atom. The third-order valence-corrected chi connectivity index (χ3v) is 3.94. The summed E-state index contributed by atoms with van der Waals surface area (Å²) in [5.41, 5.74) is 4.86. The Labute approximate surface area is 130 Å². The number of aromatic nitrogens is 3. The molecule has 1 aromatic carbocycles. The summed E-state index contributed by atoms with van der Waals surface area (Å²) in [5.74, 6) is 7.14. The number of benzene rings is 1. The second-order valence-electron chi connectivity index (χ2n) is 5.65. The molecule has 1 aromatic heterocycles. The number of aryl methyl sites for hydroxylation is 1. The quantitative estimate of drug-likeness (QED) is 0.636.